The van der Waals surface area contributed by atoms with Crippen LogP contribution in [0.2, 0.25) is 0 Å². The quantitative estimate of drug-likeness (QED) is 0.474. The number of likely N-dealkylation sites (tertiary alicyclic amines) is 1. The number of unbranched alkanes of at least 4 members (excludes halogenated alkanes) is 3. The van der Waals surface area contributed by atoms with Gasteiger partial charge in [-0.15, -0.1) is 5.92 Å². The summed E-state index contributed by atoms with van der Waals surface area (Å²) in [6.07, 6.45) is 7.76. The van der Waals surface area contributed by atoms with Crippen molar-refractivity contribution >= 4 is 0 Å². The summed E-state index contributed by atoms with van der Waals surface area (Å²) in [6, 6.07) is 0. The van der Waals surface area contributed by atoms with Crippen molar-refractivity contribution < 1.29 is 0 Å². The van der Waals surface area contributed by atoms with Gasteiger partial charge >= 0.3 is 0 Å². The first-order valence-electron chi connectivity index (χ1n) is 5.61. The second kappa shape index (κ2) is 6.97. The molecule has 0 aromatic heterocycles. The van der Waals surface area contributed by atoms with Gasteiger partial charge in [0.15, 0.2) is 0 Å². The Morgan fingerprint density at radius 2 is 1.85 bits per heavy atom. The van der Waals surface area contributed by atoms with Crippen molar-refractivity contribution in [3.8, 4) is 11.8 Å². The largest absolute Gasteiger partial charge is 0.292 e. The highest BCUT2D eigenvalue weighted by Gasteiger charge is 2.08. The average Bonchev–Trinajstić information content (AvgIpc) is 2.63. The summed E-state index contributed by atoms with van der Waals surface area (Å²) < 4.78 is 0. The molecule has 0 atom stereocenters. The Kier molecular flexibility index (Phi) is 5.69. The third-order valence-electron chi connectivity index (χ3n) is 2.53. The molecule has 1 aliphatic rings. The molecule has 0 N–H and O–H groups in total. The summed E-state index contributed by atoms with van der Waals surface area (Å²) in [4.78, 5) is 2.45. The van der Waals surface area contributed by atoms with Crippen LogP contribution in [0.25, 0.3) is 0 Å². The summed E-state index contributed by atoms with van der Waals surface area (Å²) in [7, 11) is 0. The van der Waals surface area contributed by atoms with Crippen molar-refractivity contribution in [2.75, 3.05) is 19.6 Å². The summed E-state index contributed by atoms with van der Waals surface area (Å²) in [5.41, 5.74) is 0. The van der Waals surface area contributed by atoms with E-state index in [1.54, 1.807) is 0 Å². The van der Waals surface area contributed by atoms with Crippen LogP contribution in [0.3, 0.4) is 0 Å². The van der Waals surface area contributed by atoms with Gasteiger partial charge in [0.25, 0.3) is 0 Å². The van der Waals surface area contributed by atoms with Crippen LogP contribution in [0.15, 0.2) is 0 Å². The maximum atomic E-state index is 3.26. The Balaban J connectivity index is 1.96. The van der Waals surface area contributed by atoms with E-state index in [4.69, 9.17) is 0 Å². The predicted octanol–water partition coefficient (Wildman–Crippen LogP) is 2.67. The van der Waals surface area contributed by atoms with Crippen LogP contribution in [0.5, 0.6) is 0 Å². The summed E-state index contributed by atoms with van der Waals surface area (Å²) >= 11 is 0. The lowest BCUT2D eigenvalue weighted by atomic mass is 10.2. The second-order valence-corrected chi connectivity index (χ2v) is 3.79. The minimum absolute atomic E-state index is 1.01. The summed E-state index contributed by atoms with van der Waals surface area (Å²) in [6.45, 7) is 5.77. The molecule has 13 heavy (non-hydrogen) atoms. The van der Waals surface area contributed by atoms with E-state index in [0.29, 0.717) is 0 Å². The highest BCUT2D eigenvalue weighted by Crippen LogP contribution is 2.05. The lowest BCUT2D eigenvalue weighted by Gasteiger charge is -2.08. The third-order valence-corrected chi connectivity index (χ3v) is 2.53. The van der Waals surface area contributed by atoms with Gasteiger partial charge in [0.05, 0.1) is 6.54 Å². The van der Waals surface area contributed by atoms with Crippen molar-refractivity contribution in [2.24, 2.45) is 0 Å². The average molecular weight is 179 g/mol. The Morgan fingerprint density at radius 1 is 1.08 bits per heavy atom. The molecule has 74 valence electrons. The molecule has 0 saturated carbocycles. The van der Waals surface area contributed by atoms with E-state index in [1.807, 2.05) is 0 Å². The van der Waals surface area contributed by atoms with Gasteiger partial charge in [0, 0.05) is 6.42 Å². The minimum Gasteiger partial charge on any atom is -0.292 e. The first kappa shape index (κ1) is 10.6. The SMILES string of the molecule is CCCCCC#CCN1CCCC1. The highest BCUT2D eigenvalue weighted by molar-refractivity contribution is 5.01. The summed E-state index contributed by atoms with van der Waals surface area (Å²) in [5.74, 6) is 6.52. The Labute approximate surface area is 82.5 Å². The van der Waals surface area contributed by atoms with Gasteiger partial charge in [0.1, 0.15) is 0 Å². The predicted molar refractivity (Wildman–Crippen MR) is 57.6 cm³/mol. The lowest BCUT2D eigenvalue weighted by molar-refractivity contribution is 0.383. The van der Waals surface area contributed by atoms with Gasteiger partial charge in [-0.25, -0.2) is 0 Å². The molecule has 0 unspecified atom stereocenters. The first-order chi connectivity index (χ1) is 6.43. The van der Waals surface area contributed by atoms with Crippen LogP contribution in [0.1, 0.15) is 45.4 Å². The van der Waals surface area contributed by atoms with Crippen molar-refractivity contribution in [3.05, 3.63) is 0 Å². The van der Waals surface area contributed by atoms with E-state index in [1.165, 1.54) is 45.2 Å². The maximum absolute atomic E-state index is 3.26. The number of hydrogen-bond donors (Lipinski definition) is 0. The molecule has 0 aromatic rings. The van der Waals surface area contributed by atoms with Gasteiger partial charge in [-0.2, -0.15) is 0 Å². The second-order valence-electron chi connectivity index (χ2n) is 3.79. The molecule has 0 bridgehead atoms. The molecule has 1 heterocycles. The number of rotatable bonds is 4. The fourth-order valence-corrected chi connectivity index (χ4v) is 1.66. The first-order valence-corrected chi connectivity index (χ1v) is 5.61. The molecule has 1 aliphatic heterocycles. The molecule has 1 nitrogen and oxygen atoms in total. The van der Waals surface area contributed by atoms with E-state index in [-0.39, 0.29) is 0 Å². The molecule has 1 heteroatoms. The van der Waals surface area contributed by atoms with Gasteiger partial charge < -0.3 is 0 Å². The van der Waals surface area contributed by atoms with E-state index in [9.17, 15) is 0 Å². The topological polar surface area (TPSA) is 3.24 Å². The van der Waals surface area contributed by atoms with Crippen LogP contribution >= 0.6 is 0 Å². The zero-order valence-corrected chi connectivity index (χ0v) is 8.81. The normalized spacial score (nSPS) is 17.0. The Bertz CT molecular complexity index is 169. The van der Waals surface area contributed by atoms with Gasteiger partial charge in [-0.1, -0.05) is 25.7 Å². The van der Waals surface area contributed by atoms with Crippen LogP contribution in [0.4, 0.5) is 0 Å². The molecule has 0 spiro atoms. The van der Waals surface area contributed by atoms with Crippen molar-refractivity contribution in [1.29, 1.82) is 0 Å². The van der Waals surface area contributed by atoms with Gasteiger partial charge in [0.2, 0.25) is 0 Å². The number of hydrogen-bond acceptors (Lipinski definition) is 1. The monoisotopic (exact) mass is 179 g/mol. The van der Waals surface area contributed by atoms with Crippen molar-refractivity contribution in [1.82, 2.24) is 4.90 Å². The van der Waals surface area contributed by atoms with E-state index >= 15 is 0 Å². The molecule has 0 amide bonds. The standard InChI is InChI=1S/C12H21N/c1-2-3-4-5-6-7-10-13-11-8-9-12-13/h2-5,8-12H2,1H3. The smallest absolute Gasteiger partial charge is 0.0601 e. The molecule has 1 fully saturated rings. The van der Waals surface area contributed by atoms with Crippen LogP contribution in [-0.4, -0.2) is 24.5 Å². The zero-order valence-electron chi connectivity index (χ0n) is 8.81. The molecule has 1 rings (SSSR count). The Hall–Kier alpha value is -0.480. The molecular weight excluding hydrogens is 158 g/mol. The van der Waals surface area contributed by atoms with Crippen LogP contribution in [0, 0.1) is 11.8 Å². The maximum Gasteiger partial charge on any atom is 0.0601 e. The molecule has 1 saturated heterocycles. The molecule has 0 aliphatic carbocycles. The van der Waals surface area contributed by atoms with E-state index in [0.717, 1.165) is 13.0 Å². The minimum atomic E-state index is 1.01. The van der Waals surface area contributed by atoms with E-state index < -0.39 is 0 Å². The van der Waals surface area contributed by atoms with E-state index in [2.05, 4.69) is 23.7 Å². The molecule has 0 aromatic carbocycles. The van der Waals surface area contributed by atoms with Crippen LogP contribution in [-0.2, 0) is 0 Å². The van der Waals surface area contributed by atoms with Crippen molar-refractivity contribution in [3.63, 3.8) is 0 Å². The summed E-state index contributed by atoms with van der Waals surface area (Å²) in [5, 5.41) is 0. The fourth-order valence-electron chi connectivity index (χ4n) is 1.66. The zero-order chi connectivity index (χ0) is 9.36. The molecular formula is C12H21N. The lowest BCUT2D eigenvalue weighted by Crippen LogP contribution is -2.18. The molecule has 0 radical (unpaired) electrons. The fraction of sp³-hybridized carbons (Fsp3) is 0.833. The third kappa shape index (κ3) is 4.95. The Morgan fingerprint density at radius 3 is 2.54 bits per heavy atom. The highest BCUT2D eigenvalue weighted by atomic mass is 15.1. The number of nitrogens with zero attached hydrogens (tertiary/aromatic N) is 1. The van der Waals surface area contributed by atoms with Crippen LogP contribution < -0.4 is 0 Å². The van der Waals surface area contributed by atoms with Gasteiger partial charge in [-0.05, 0) is 32.4 Å². The van der Waals surface area contributed by atoms with Crippen molar-refractivity contribution in [2.45, 2.75) is 45.4 Å². The van der Waals surface area contributed by atoms with Gasteiger partial charge in [-0.3, -0.25) is 4.90 Å².